The van der Waals surface area contributed by atoms with Gasteiger partial charge in [0.2, 0.25) is 0 Å². The van der Waals surface area contributed by atoms with Crippen LogP contribution >= 0.6 is 0 Å². The van der Waals surface area contributed by atoms with Crippen molar-refractivity contribution in [2.75, 3.05) is 0 Å². The zero-order valence-electron chi connectivity index (χ0n) is 7.79. The quantitative estimate of drug-likeness (QED) is 0.691. The van der Waals surface area contributed by atoms with Crippen LogP contribution in [0.1, 0.15) is 17.5 Å². The molecule has 1 aliphatic rings. The number of hydrogen-bond donors (Lipinski definition) is 2. The predicted molar refractivity (Wildman–Crippen MR) is 55.5 cm³/mol. The van der Waals surface area contributed by atoms with Gasteiger partial charge in [-0.2, -0.15) is 0 Å². The Kier molecular flexibility index (Phi) is 2.23. The van der Waals surface area contributed by atoms with Gasteiger partial charge in [0, 0.05) is 11.3 Å². The number of fused-ring (bicyclic) bond motifs is 1. The lowest BCUT2D eigenvalue weighted by molar-refractivity contribution is 0.252. The van der Waals surface area contributed by atoms with E-state index in [9.17, 15) is 4.79 Å². The Morgan fingerprint density at radius 1 is 1.36 bits per heavy atom. The Bertz CT molecular complexity index is 396. The number of carbonyl (C=O) groups excluding carboxylic acids is 1. The number of hydrogen-bond acceptors (Lipinski definition) is 1. The van der Waals surface area contributed by atoms with Gasteiger partial charge in [0.15, 0.2) is 0 Å². The van der Waals surface area contributed by atoms with Gasteiger partial charge in [-0.15, -0.1) is 0 Å². The topological polar surface area (TPSA) is 55.1 Å². The number of benzene rings is 1. The first kappa shape index (κ1) is 8.81. The second-order valence-electron chi connectivity index (χ2n) is 3.30. The molecule has 1 aromatic rings. The van der Waals surface area contributed by atoms with Gasteiger partial charge in [-0.25, -0.2) is 4.79 Å². The molecule has 14 heavy (non-hydrogen) atoms. The first-order valence-electron chi connectivity index (χ1n) is 4.62. The van der Waals surface area contributed by atoms with Gasteiger partial charge < -0.3 is 11.1 Å². The number of carbonyl (C=O) groups is 1. The van der Waals surface area contributed by atoms with Crippen molar-refractivity contribution >= 4 is 11.7 Å². The van der Waals surface area contributed by atoms with Crippen molar-refractivity contribution in [2.45, 2.75) is 12.8 Å². The van der Waals surface area contributed by atoms with Crippen LogP contribution in [-0.4, -0.2) is 6.03 Å². The Morgan fingerprint density at radius 2 is 2.14 bits per heavy atom. The minimum absolute atomic E-state index is 0.507. The minimum Gasteiger partial charge on any atom is -0.351 e. The van der Waals surface area contributed by atoms with Crippen molar-refractivity contribution in [3.63, 3.8) is 0 Å². The molecule has 0 heterocycles. The number of amides is 2. The number of aryl methyl sites for hydroxylation is 1. The van der Waals surface area contributed by atoms with Crippen LogP contribution in [0.25, 0.3) is 5.70 Å². The van der Waals surface area contributed by atoms with Gasteiger partial charge in [-0.05, 0) is 18.4 Å². The average molecular weight is 188 g/mol. The summed E-state index contributed by atoms with van der Waals surface area (Å²) in [6.45, 7) is 0. The first-order chi connectivity index (χ1) is 6.77. The Hall–Kier alpha value is -1.77. The second-order valence-corrected chi connectivity index (χ2v) is 3.30. The zero-order chi connectivity index (χ0) is 9.97. The molecule has 2 amide bonds. The van der Waals surface area contributed by atoms with E-state index in [2.05, 4.69) is 11.4 Å². The lowest BCUT2D eigenvalue weighted by Gasteiger charge is -2.17. The lowest BCUT2D eigenvalue weighted by atomic mass is 9.95. The third-order valence-corrected chi connectivity index (χ3v) is 2.33. The minimum atomic E-state index is -0.507. The molecule has 72 valence electrons. The highest BCUT2D eigenvalue weighted by Crippen LogP contribution is 2.23. The molecule has 1 aromatic carbocycles. The lowest BCUT2D eigenvalue weighted by Crippen LogP contribution is -2.29. The first-order valence-corrected chi connectivity index (χ1v) is 4.62. The molecule has 0 bridgehead atoms. The number of primary amides is 1. The number of nitrogens with one attached hydrogen (secondary N) is 1. The smallest absolute Gasteiger partial charge is 0.316 e. The van der Waals surface area contributed by atoms with Gasteiger partial charge in [0.1, 0.15) is 0 Å². The van der Waals surface area contributed by atoms with Crippen LogP contribution in [0.4, 0.5) is 4.79 Å². The highest BCUT2D eigenvalue weighted by atomic mass is 16.2. The zero-order valence-corrected chi connectivity index (χ0v) is 7.79. The van der Waals surface area contributed by atoms with Gasteiger partial charge in [0.25, 0.3) is 0 Å². The molecule has 3 N–H and O–H groups in total. The van der Waals surface area contributed by atoms with E-state index in [1.165, 1.54) is 5.56 Å². The number of nitrogens with two attached hydrogens (primary N) is 1. The SMILES string of the molecule is NC(=O)NC1=CCCc2ccccc21. The van der Waals surface area contributed by atoms with Crippen LogP contribution in [0.2, 0.25) is 0 Å². The third-order valence-electron chi connectivity index (χ3n) is 2.33. The standard InChI is InChI=1S/C11H12N2O/c12-11(14)13-10-7-3-5-8-4-1-2-6-9(8)10/h1-2,4,6-7H,3,5H2,(H3,12,13,14). The van der Waals surface area contributed by atoms with E-state index in [4.69, 9.17) is 5.73 Å². The molecule has 0 spiro atoms. The summed E-state index contributed by atoms with van der Waals surface area (Å²) in [7, 11) is 0. The summed E-state index contributed by atoms with van der Waals surface area (Å²) in [5, 5.41) is 2.64. The second kappa shape index (κ2) is 3.54. The highest BCUT2D eigenvalue weighted by Gasteiger charge is 2.12. The van der Waals surface area contributed by atoms with Gasteiger partial charge in [0.05, 0.1) is 0 Å². The predicted octanol–water partition coefficient (Wildman–Crippen LogP) is 1.64. The molecule has 0 unspecified atom stereocenters. The van der Waals surface area contributed by atoms with Gasteiger partial charge >= 0.3 is 6.03 Å². The van der Waals surface area contributed by atoms with Crippen LogP contribution in [0.5, 0.6) is 0 Å². The summed E-state index contributed by atoms with van der Waals surface area (Å²) in [4.78, 5) is 10.7. The number of urea groups is 1. The fourth-order valence-corrected chi connectivity index (χ4v) is 1.73. The van der Waals surface area contributed by atoms with Gasteiger partial charge in [-0.3, -0.25) is 0 Å². The molecular formula is C11H12N2O. The van der Waals surface area contributed by atoms with Crippen molar-refractivity contribution in [1.82, 2.24) is 5.32 Å². The van der Waals surface area contributed by atoms with E-state index < -0.39 is 6.03 Å². The van der Waals surface area contributed by atoms with Crippen molar-refractivity contribution in [3.8, 4) is 0 Å². The molecule has 0 saturated carbocycles. The molecule has 3 heteroatoms. The molecular weight excluding hydrogens is 176 g/mol. The summed E-state index contributed by atoms with van der Waals surface area (Å²) >= 11 is 0. The maximum Gasteiger partial charge on any atom is 0.316 e. The van der Waals surface area contributed by atoms with Gasteiger partial charge in [-0.1, -0.05) is 30.3 Å². The monoisotopic (exact) mass is 188 g/mol. The molecule has 0 aromatic heterocycles. The maximum absolute atomic E-state index is 10.7. The van der Waals surface area contributed by atoms with E-state index in [-0.39, 0.29) is 0 Å². The fourth-order valence-electron chi connectivity index (χ4n) is 1.73. The molecule has 0 aliphatic heterocycles. The van der Waals surface area contributed by atoms with E-state index in [0.717, 1.165) is 24.1 Å². The summed E-state index contributed by atoms with van der Waals surface area (Å²) < 4.78 is 0. The van der Waals surface area contributed by atoms with Crippen LogP contribution in [0.3, 0.4) is 0 Å². The molecule has 0 atom stereocenters. The Morgan fingerprint density at radius 3 is 2.93 bits per heavy atom. The average Bonchev–Trinajstić information content (AvgIpc) is 2.18. The van der Waals surface area contributed by atoms with Crippen LogP contribution in [-0.2, 0) is 6.42 Å². The summed E-state index contributed by atoms with van der Waals surface area (Å²) in [5.74, 6) is 0. The molecule has 0 fully saturated rings. The molecule has 2 rings (SSSR count). The van der Waals surface area contributed by atoms with E-state index in [1.54, 1.807) is 0 Å². The molecule has 0 radical (unpaired) electrons. The van der Waals surface area contributed by atoms with Crippen molar-refractivity contribution in [3.05, 3.63) is 41.5 Å². The number of allylic oxidation sites excluding steroid dienone is 1. The fraction of sp³-hybridized carbons (Fsp3) is 0.182. The maximum atomic E-state index is 10.7. The normalized spacial score (nSPS) is 14.1. The summed E-state index contributed by atoms with van der Waals surface area (Å²) in [5.41, 5.74) is 8.27. The third kappa shape index (κ3) is 1.62. The Balaban J connectivity index is 2.35. The highest BCUT2D eigenvalue weighted by molar-refractivity contribution is 5.85. The molecule has 1 aliphatic carbocycles. The Labute approximate surface area is 82.6 Å². The van der Waals surface area contributed by atoms with Crippen LogP contribution in [0.15, 0.2) is 30.3 Å². The van der Waals surface area contributed by atoms with E-state index in [0.29, 0.717) is 0 Å². The van der Waals surface area contributed by atoms with Crippen molar-refractivity contribution in [2.24, 2.45) is 5.73 Å². The van der Waals surface area contributed by atoms with Crippen LogP contribution in [0, 0.1) is 0 Å². The summed E-state index contributed by atoms with van der Waals surface area (Å²) in [6, 6.07) is 7.53. The van der Waals surface area contributed by atoms with E-state index >= 15 is 0 Å². The molecule has 3 nitrogen and oxygen atoms in total. The number of rotatable bonds is 1. The van der Waals surface area contributed by atoms with Crippen LogP contribution < -0.4 is 11.1 Å². The van der Waals surface area contributed by atoms with Crippen molar-refractivity contribution in [1.29, 1.82) is 0 Å². The largest absolute Gasteiger partial charge is 0.351 e. The summed E-state index contributed by atoms with van der Waals surface area (Å²) in [6.07, 6.45) is 3.99. The molecule has 0 saturated heterocycles. The van der Waals surface area contributed by atoms with Crippen molar-refractivity contribution < 1.29 is 4.79 Å². The van der Waals surface area contributed by atoms with E-state index in [1.807, 2.05) is 24.3 Å².